The number of ether oxygens (including phenoxy) is 3. The summed E-state index contributed by atoms with van der Waals surface area (Å²) in [6, 6.07) is 0. The molecule has 94 valence electrons. The maximum Gasteiger partial charge on any atom is 0.303 e. The SMILES string of the molecule is C=C[C@H](CCCCCOCOC)OC(C)=O. The Balaban J connectivity index is 3.34. The molecule has 0 heterocycles. The third kappa shape index (κ3) is 9.68. The Hall–Kier alpha value is -0.870. The summed E-state index contributed by atoms with van der Waals surface area (Å²) in [5.41, 5.74) is 0. The fraction of sp³-hybridized carbons (Fsp3) is 0.750. The van der Waals surface area contributed by atoms with Crippen LogP contribution in [0.3, 0.4) is 0 Å². The van der Waals surface area contributed by atoms with Gasteiger partial charge in [-0.05, 0) is 19.3 Å². The molecule has 0 aromatic rings. The lowest BCUT2D eigenvalue weighted by Crippen LogP contribution is -2.13. The molecule has 0 rings (SSSR count). The maximum absolute atomic E-state index is 10.7. The Labute approximate surface area is 97.6 Å². The molecule has 4 nitrogen and oxygen atoms in total. The Bertz CT molecular complexity index is 191. The van der Waals surface area contributed by atoms with Crippen LogP contribution in [0, 0.1) is 0 Å². The van der Waals surface area contributed by atoms with E-state index in [1.165, 1.54) is 6.92 Å². The minimum Gasteiger partial charge on any atom is -0.458 e. The molecule has 0 spiro atoms. The summed E-state index contributed by atoms with van der Waals surface area (Å²) in [4.78, 5) is 10.7. The first-order valence-electron chi connectivity index (χ1n) is 5.57. The number of rotatable bonds is 10. The summed E-state index contributed by atoms with van der Waals surface area (Å²) < 4.78 is 14.9. The minimum absolute atomic E-state index is 0.155. The molecule has 0 saturated carbocycles. The Morgan fingerprint density at radius 1 is 1.38 bits per heavy atom. The second-order valence-corrected chi connectivity index (χ2v) is 3.55. The van der Waals surface area contributed by atoms with Gasteiger partial charge in [-0.2, -0.15) is 0 Å². The Morgan fingerprint density at radius 3 is 2.69 bits per heavy atom. The van der Waals surface area contributed by atoms with E-state index in [-0.39, 0.29) is 12.1 Å². The molecule has 0 amide bonds. The van der Waals surface area contributed by atoms with E-state index < -0.39 is 0 Å². The summed E-state index contributed by atoms with van der Waals surface area (Å²) >= 11 is 0. The summed E-state index contributed by atoms with van der Waals surface area (Å²) in [5.74, 6) is -0.256. The van der Waals surface area contributed by atoms with Crippen LogP contribution in [0.1, 0.15) is 32.6 Å². The zero-order chi connectivity index (χ0) is 12.2. The number of esters is 1. The highest BCUT2D eigenvalue weighted by Gasteiger charge is 2.06. The summed E-state index contributed by atoms with van der Waals surface area (Å²) in [6.07, 6.45) is 5.39. The first-order chi connectivity index (χ1) is 7.70. The second kappa shape index (κ2) is 10.6. The molecular weight excluding hydrogens is 208 g/mol. The molecule has 16 heavy (non-hydrogen) atoms. The van der Waals surface area contributed by atoms with E-state index in [1.54, 1.807) is 13.2 Å². The normalized spacial score (nSPS) is 12.1. The van der Waals surface area contributed by atoms with Crippen LogP contribution in [0.2, 0.25) is 0 Å². The smallest absolute Gasteiger partial charge is 0.303 e. The van der Waals surface area contributed by atoms with Gasteiger partial charge in [0.1, 0.15) is 12.9 Å². The van der Waals surface area contributed by atoms with Gasteiger partial charge in [-0.25, -0.2) is 0 Å². The van der Waals surface area contributed by atoms with Crippen LogP contribution >= 0.6 is 0 Å². The first-order valence-corrected chi connectivity index (χ1v) is 5.57. The highest BCUT2D eigenvalue weighted by molar-refractivity contribution is 5.66. The minimum atomic E-state index is -0.256. The molecule has 0 N–H and O–H groups in total. The predicted molar refractivity (Wildman–Crippen MR) is 62.0 cm³/mol. The molecule has 0 aliphatic carbocycles. The van der Waals surface area contributed by atoms with E-state index >= 15 is 0 Å². The summed E-state index contributed by atoms with van der Waals surface area (Å²) in [5, 5.41) is 0. The lowest BCUT2D eigenvalue weighted by Gasteiger charge is -2.12. The molecule has 1 atom stereocenters. The zero-order valence-electron chi connectivity index (χ0n) is 10.2. The van der Waals surface area contributed by atoms with E-state index in [0.29, 0.717) is 13.4 Å². The van der Waals surface area contributed by atoms with E-state index in [9.17, 15) is 4.79 Å². The number of methoxy groups -OCH3 is 1. The van der Waals surface area contributed by atoms with Crippen molar-refractivity contribution >= 4 is 5.97 Å². The van der Waals surface area contributed by atoms with Gasteiger partial charge < -0.3 is 14.2 Å². The van der Waals surface area contributed by atoms with Crippen LogP contribution in [0.25, 0.3) is 0 Å². The molecular formula is C12H22O4. The molecule has 0 aromatic heterocycles. The standard InChI is InChI=1S/C12H22O4/c1-4-12(16-11(2)13)8-6-5-7-9-15-10-14-3/h4,12H,1,5-10H2,2-3H3/t12-/m1/s1. The largest absolute Gasteiger partial charge is 0.458 e. The third-order valence-corrected chi connectivity index (χ3v) is 2.06. The first kappa shape index (κ1) is 15.1. The molecule has 0 aromatic carbocycles. The number of hydrogen-bond acceptors (Lipinski definition) is 4. The predicted octanol–water partition coefficient (Wildman–Crippen LogP) is 2.29. The number of hydrogen-bond donors (Lipinski definition) is 0. The Morgan fingerprint density at radius 2 is 2.12 bits per heavy atom. The van der Waals surface area contributed by atoms with E-state index in [0.717, 1.165) is 25.7 Å². The van der Waals surface area contributed by atoms with Crippen molar-refractivity contribution in [2.45, 2.75) is 38.7 Å². The van der Waals surface area contributed by atoms with Crippen LogP contribution in [0.4, 0.5) is 0 Å². The molecule has 0 aliphatic rings. The second-order valence-electron chi connectivity index (χ2n) is 3.55. The molecule has 0 saturated heterocycles. The maximum atomic E-state index is 10.7. The number of unbranched alkanes of at least 4 members (excludes halogenated alkanes) is 2. The topological polar surface area (TPSA) is 44.8 Å². The number of carbonyl (C=O) groups excluding carboxylic acids is 1. The van der Waals surface area contributed by atoms with Gasteiger partial charge >= 0.3 is 5.97 Å². The molecule has 0 fully saturated rings. The fourth-order valence-corrected chi connectivity index (χ4v) is 1.31. The average molecular weight is 230 g/mol. The zero-order valence-corrected chi connectivity index (χ0v) is 10.2. The molecule has 4 heteroatoms. The third-order valence-electron chi connectivity index (χ3n) is 2.06. The fourth-order valence-electron chi connectivity index (χ4n) is 1.31. The average Bonchev–Trinajstić information content (AvgIpc) is 2.25. The van der Waals surface area contributed by atoms with Crippen molar-refractivity contribution in [1.82, 2.24) is 0 Å². The van der Waals surface area contributed by atoms with Gasteiger partial charge in [0.2, 0.25) is 0 Å². The van der Waals surface area contributed by atoms with Crippen molar-refractivity contribution in [2.24, 2.45) is 0 Å². The van der Waals surface area contributed by atoms with Crippen molar-refractivity contribution in [3.8, 4) is 0 Å². The molecule has 0 aliphatic heterocycles. The van der Waals surface area contributed by atoms with E-state index in [1.807, 2.05) is 0 Å². The van der Waals surface area contributed by atoms with Crippen LogP contribution in [0.5, 0.6) is 0 Å². The van der Waals surface area contributed by atoms with Gasteiger partial charge in [0.15, 0.2) is 0 Å². The highest BCUT2D eigenvalue weighted by atomic mass is 16.7. The van der Waals surface area contributed by atoms with Gasteiger partial charge in [-0.1, -0.05) is 19.1 Å². The van der Waals surface area contributed by atoms with Crippen molar-refractivity contribution in [3.05, 3.63) is 12.7 Å². The highest BCUT2D eigenvalue weighted by Crippen LogP contribution is 2.08. The van der Waals surface area contributed by atoms with Crippen molar-refractivity contribution in [3.63, 3.8) is 0 Å². The quantitative estimate of drug-likeness (QED) is 0.250. The molecule has 0 unspecified atom stereocenters. The van der Waals surface area contributed by atoms with Crippen molar-refractivity contribution in [1.29, 1.82) is 0 Å². The van der Waals surface area contributed by atoms with E-state index in [2.05, 4.69) is 6.58 Å². The van der Waals surface area contributed by atoms with Crippen molar-refractivity contribution in [2.75, 3.05) is 20.5 Å². The Kier molecular flexibility index (Phi) is 10.1. The van der Waals surface area contributed by atoms with Crippen LogP contribution in [0.15, 0.2) is 12.7 Å². The lowest BCUT2D eigenvalue weighted by molar-refractivity contribution is -0.144. The van der Waals surface area contributed by atoms with Gasteiger partial charge in [-0.15, -0.1) is 0 Å². The lowest BCUT2D eigenvalue weighted by atomic mass is 10.1. The molecule has 0 radical (unpaired) electrons. The number of carbonyl (C=O) groups is 1. The monoisotopic (exact) mass is 230 g/mol. The van der Waals surface area contributed by atoms with E-state index in [4.69, 9.17) is 14.2 Å². The van der Waals surface area contributed by atoms with Gasteiger partial charge in [-0.3, -0.25) is 4.79 Å². The van der Waals surface area contributed by atoms with Crippen LogP contribution in [-0.2, 0) is 19.0 Å². The van der Waals surface area contributed by atoms with Gasteiger partial charge in [0.05, 0.1) is 0 Å². The summed E-state index contributed by atoms with van der Waals surface area (Å²) in [7, 11) is 1.60. The molecule has 0 bridgehead atoms. The van der Waals surface area contributed by atoms with Gasteiger partial charge in [0.25, 0.3) is 0 Å². The summed E-state index contributed by atoms with van der Waals surface area (Å²) in [6.45, 7) is 6.11. The van der Waals surface area contributed by atoms with Crippen molar-refractivity contribution < 1.29 is 19.0 Å². The van der Waals surface area contributed by atoms with Crippen LogP contribution < -0.4 is 0 Å². The van der Waals surface area contributed by atoms with Crippen LogP contribution in [-0.4, -0.2) is 32.6 Å². The van der Waals surface area contributed by atoms with Gasteiger partial charge in [0, 0.05) is 20.6 Å².